The molecule has 204 valence electrons. The van der Waals surface area contributed by atoms with Crippen molar-refractivity contribution < 1.29 is 47.8 Å². The summed E-state index contributed by atoms with van der Waals surface area (Å²) in [4.78, 5) is 0. The maximum Gasteiger partial charge on any atom is -1.00 e. The largest absolute Gasteiger partial charge is 1.00 e. The average molecular weight is 746 g/mol. The summed E-state index contributed by atoms with van der Waals surface area (Å²) in [5.41, 5.74) is 8.37. The molecule has 0 amide bonds. The monoisotopic (exact) mass is 746 g/mol. The fraction of sp³-hybridized carbons (Fsp3) is 0.167. The van der Waals surface area contributed by atoms with Crippen molar-refractivity contribution in [3.8, 4) is 22.3 Å². The number of fused-ring (bicyclic) bond motifs is 2. The molecule has 6 aromatic carbocycles. The maximum absolute atomic E-state index is 2.33. The molecule has 0 saturated carbocycles. The number of hydrogen-bond acceptors (Lipinski definition) is 0. The zero-order chi connectivity index (χ0) is 26.9. The molecular weight excluding hydrogens is 710 g/mol. The number of rotatable bonds is 4. The molecule has 0 heterocycles. The zero-order valence-electron chi connectivity index (χ0n) is 23.7. The Morgan fingerprint density at radius 2 is 0.900 bits per heavy atom. The number of halogens is 2. The summed E-state index contributed by atoms with van der Waals surface area (Å²) in [5, 5.41) is 5.44. The minimum atomic E-state index is 0. The van der Waals surface area contributed by atoms with Gasteiger partial charge in [-0.3, -0.25) is 0 Å². The van der Waals surface area contributed by atoms with Crippen LogP contribution < -0.4 is 24.8 Å². The van der Waals surface area contributed by atoms with Crippen LogP contribution in [0.15, 0.2) is 121 Å². The molecular formula is C36H36Cl2HfSi-2. The van der Waals surface area contributed by atoms with E-state index in [0.717, 1.165) is 12.8 Å². The van der Waals surface area contributed by atoms with Crippen LogP contribution in [0.4, 0.5) is 0 Å². The van der Waals surface area contributed by atoms with Gasteiger partial charge in [0.05, 0.1) is 0 Å². The summed E-state index contributed by atoms with van der Waals surface area (Å²) >= 11 is 1.45. The van der Waals surface area contributed by atoms with E-state index < -0.39 is 0 Å². The molecule has 0 unspecified atom stereocenters. The van der Waals surface area contributed by atoms with Crippen molar-refractivity contribution in [2.24, 2.45) is 0 Å². The van der Waals surface area contributed by atoms with Gasteiger partial charge in [-0.25, -0.2) is 0 Å². The van der Waals surface area contributed by atoms with Gasteiger partial charge in [0.2, 0.25) is 0 Å². The summed E-state index contributed by atoms with van der Waals surface area (Å²) in [6.07, 6.45) is 2.20. The molecule has 40 heavy (non-hydrogen) atoms. The van der Waals surface area contributed by atoms with Crippen LogP contribution >= 0.6 is 0 Å². The van der Waals surface area contributed by atoms with Crippen LogP contribution in [0, 0.1) is 0 Å². The molecule has 0 aliphatic heterocycles. The first-order valence-electron chi connectivity index (χ1n) is 13.5. The Kier molecular flexibility index (Phi) is 14.3. The second-order valence-electron chi connectivity index (χ2n) is 9.78. The quantitative estimate of drug-likeness (QED) is 0.186. The molecule has 6 rings (SSSR count). The topological polar surface area (TPSA) is 0 Å². The van der Waals surface area contributed by atoms with Crippen molar-refractivity contribution in [1.82, 2.24) is 0 Å². The maximum atomic E-state index is 2.33. The molecule has 0 aliphatic carbocycles. The normalized spacial score (nSPS) is 9.95. The smallest absolute Gasteiger partial charge is 1.00 e. The molecule has 0 nitrogen and oxygen atoms in total. The van der Waals surface area contributed by atoms with E-state index in [1.54, 1.807) is 0 Å². The van der Waals surface area contributed by atoms with E-state index in [1.807, 2.05) is 0 Å². The van der Waals surface area contributed by atoms with Crippen LogP contribution in [0.2, 0.25) is 13.1 Å². The van der Waals surface area contributed by atoms with Crippen LogP contribution in [0.1, 0.15) is 25.0 Å². The first-order valence-corrected chi connectivity index (χ1v) is 21.4. The molecule has 0 bridgehead atoms. The van der Waals surface area contributed by atoms with Gasteiger partial charge in [-0.2, -0.15) is 12.1 Å². The van der Waals surface area contributed by atoms with Gasteiger partial charge in [-0.05, 0) is 24.0 Å². The molecule has 0 N–H and O–H groups in total. The van der Waals surface area contributed by atoms with Gasteiger partial charge in [0, 0.05) is 0 Å². The van der Waals surface area contributed by atoms with Crippen molar-refractivity contribution in [1.29, 1.82) is 0 Å². The Hall–Kier alpha value is -2.23. The van der Waals surface area contributed by atoms with Crippen molar-refractivity contribution in [3.63, 3.8) is 0 Å². The number of hydrogen-bond donors (Lipinski definition) is 0. The first-order chi connectivity index (χ1) is 18.5. The Bertz CT molecular complexity index is 1490. The van der Waals surface area contributed by atoms with Gasteiger partial charge in [-0.15, -0.1) is 69.1 Å². The third-order valence-corrected chi connectivity index (χ3v) is 6.61. The average Bonchev–Trinajstić information content (AvgIpc) is 3.58. The van der Waals surface area contributed by atoms with Crippen LogP contribution in [-0.4, -0.2) is 5.49 Å². The summed E-state index contributed by atoms with van der Waals surface area (Å²) in [7, 11) is 0. The van der Waals surface area contributed by atoms with E-state index in [1.165, 1.54) is 77.9 Å². The van der Waals surface area contributed by atoms with Crippen LogP contribution in [0.3, 0.4) is 0 Å². The molecule has 0 fully saturated rings. The predicted octanol–water partition coefficient (Wildman–Crippen LogP) is 4.37. The fourth-order valence-electron chi connectivity index (χ4n) is 4.74. The van der Waals surface area contributed by atoms with E-state index in [-0.39, 0.29) is 30.3 Å². The second-order valence-corrected chi connectivity index (χ2v) is 22.6. The van der Waals surface area contributed by atoms with Crippen LogP contribution in [0.25, 0.3) is 43.8 Å². The van der Waals surface area contributed by atoms with Crippen molar-refractivity contribution in [3.05, 3.63) is 132 Å². The van der Waals surface area contributed by atoms with Crippen LogP contribution in [-0.2, 0) is 35.8 Å². The predicted molar refractivity (Wildman–Crippen MR) is 166 cm³/mol. The summed E-state index contributed by atoms with van der Waals surface area (Å²) < 4.78 is 0. The Morgan fingerprint density at radius 3 is 1.23 bits per heavy atom. The Morgan fingerprint density at radius 1 is 0.550 bits per heavy atom. The minimum Gasteiger partial charge on any atom is -1.00 e. The van der Waals surface area contributed by atoms with Gasteiger partial charge in [-0.1, -0.05) is 97.8 Å². The van der Waals surface area contributed by atoms with Gasteiger partial charge >= 0.3 is 41.6 Å². The van der Waals surface area contributed by atoms with Gasteiger partial charge in [0.1, 0.15) is 0 Å². The number of benzene rings is 4. The third kappa shape index (κ3) is 8.88. The first kappa shape index (κ1) is 34.0. The molecule has 0 aliphatic rings. The molecule has 4 heteroatoms. The Balaban J connectivity index is 0.000000237. The fourth-order valence-corrected chi connectivity index (χ4v) is 4.74. The van der Waals surface area contributed by atoms with E-state index in [4.69, 9.17) is 0 Å². The summed E-state index contributed by atoms with van der Waals surface area (Å²) in [6.45, 7) is 9.07. The minimum absolute atomic E-state index is 0. The zero-order valence-corrected chi connectivity index (χ0v) is 29.8. The second kappa shape index (κ2) is 16.9. The molecule has 0 atom stereocenters. The molecule has 6 aromatic rings. The Labute approximate surface area is 267 Å². The SMILES string of the molecule is CCc1cc2c(-c3ccccc3)cccc2[cH-]1.CCc1cc2c(-c3ccccc3)cccc2[cH-]1.C[Si](C)=[Hf+2].[Cl-].[Cl-]. The molecule has 0 saturated heterocycles. The number of aryl methyl sites for hydroxylation is 2. The van der Waals surface area contributed by atoms with E-state index in [0.29, 0.717) is 0 Å². The molecule has 0 aromatic heterocycles. The van der Waals surface area contributed by atoms with E-state index in [2.05, 4.69) is 148 Å². The summed E-state index contributed by atoms with van der Waals surface area (Å²) in [6, 6.07) is 43.5. The van der Waals surface area contributed by atoms with E-state index in [9.17, 15) is 0 Å². The van der Waals surface area contributed by atoms with Gasteiger partial charge < -0.3 is 24.8 Å². The van der Waals surface area contributed by atoms with Crippen LogP contribution in [0.5, 0.6) is 0 Å². The van der Waals surface area contributed by atoms with Crippen molar-refractivity contribution in [2.45, 2.75) is 39.8 Å². The third-order valence-electron chi connectivity index (χ3n) is 6.61. The standard InChI is InChI=1S/2C17H15.C2H6Si.2ClH.Hf/c2*1-2-13-11-15-9-6-10-16(17(15)12-13)14-7-4-3-5-8-14;1-3-2;;;/h2*3-12H,2H2,1H3;1-2H3;2*1H;/q2*-1;;;;+2/p-2. The van der Waals surface area contributed by atoms with Gasteiger partial charge in [0.25, 0.3) is 0 Å². The van der Waals surface area contributed by atoms with Crippen molar-refractivity contribution >= 4 is 27.0 Å². The summed E-state index contributed by atoms with van der Waals surface area (Å²) in [5.74, 6) is 0. The van der Waals surface area contributed by atoms with Gasteiger partial charge in [0.15, 0.2) is 0 Å². The van der Waals surface area contributed by atoms with E-state index >= 15 is 0 Å². The van der Waals surface area contributed by atoms with Crippen molar-refractivity contribution in [2.75, 3.05) is 0 Å². The molecule has 0 spiro atoms. The molecule has 0 radical (unpaired) electrons.